The Kier molecular flexibility index (Phi) is 6.17. The number of hydrogen-bond donors (Lipinski definition) is 2. The summed E-state index contributed by atoms with van der Waals surface area (Å²) in [5.41, 5.74) is 4.62. The second-order valence-electron chi connectivity index (χ2n) is 5.76. The van der Waals surface area contributed by atoms with Crippen LogP contribution in [0.4, 0.5) is 0 Å². The Morgan fingerprint density at radius 2 is 1.89 bits per heavy atom. The molecule has 6 nitrogen and oxygen atoms in total. The lowest BCUT2D eigenvalue weighted by atomic mass is 10.1. The van der Waals surface area contributed by atoms with Gasteiger partial charge >= 0.3 is 0 Å². The van der Waals surface area contributed by atoms with Gasteiger partial charge in [-0.3, -0.25) is 9.59 Å². The monoisotopic (exact) mass is 381 g/mol. The van der Waals surface area contributed by atoms with Gasteiger partial charge in [0.25, 0.3) is 11.8 Å². The van der Waals surface area contributed by atoms with Gasteiger partial charge in [-0.2, -0.15) is 0 Å². The Morgan fingerprint density at radius 3 is 2.59 bits per heavy atom. The molecule has 2 N–H and O–H groups in total. The van der Waals surface area contributed by atoms with E-state index in [9.17, 15) is 9.59 Å². The number of ether oxygens (including phenoxy) is 1. The molecule has 0 saturated heterocycles. The third-order valence-corrected chi connectivity index (χ3v) is 4.50. The van der Waals surface area contributed by atoms with E-state index in [0.29, 0.717) is 30.0 Å². The molecule has 0 aliphatic rings. The van der Waals surface area contributed by atoms with Crippen molar-refractivity contribution in [3.8, 4) is 5.75 Å². The summed E-state index contributed by atoms with van der Waals surface area (Å²) in [6.45, 7) is 0.739. The quantitative estimate of drug-likeness (QED) is 0.659. The standard InChI is InChI=1S/C20H19N3O3S/c1-21-19(24)15-7-5-14(6-8-15)10-22-20(25)16-3-2-4-18(9-16)26-11-17-12-27-13-23-17/h2-9,12-13H,10-11H2,1H3,(H,21,24)(H,22,25). The minimum atomic E-state index is -0.190. The zero-order chi connectivity index (χ0) is 19.1. The number of carbonyl (C=O) groups excluding carboxylic acids is 2. The summed E-state index contributed by atoms with van der Waals surface area (Å²) in [6.07, 6.45) is 0. The molecule has 7 heteroatoms. The number of hydrogen-bond acceptors (Lipinski definition) is 5. The first-order valence-corrected chi connectivity index (χ1v) is 9.29. The number of nitrogens with one attached hydrogen (secondary N) is 2. The van der Waals surface area contributed by atoms with Gasteiger partial charge in [0.15, 0.2) is 0 Å². The molecule has 0 spiro atoms. The highest BCUT2D eigenvalue weighted by atomic mass is 32.1. The maximum atomic E-state index is 12.4. The summed E-state index contributed by atoms with van der Waals surface area (Å²) in [5, 5.41) is 7.36. The van der Waals surface area contributed by atoms with Crippen LogP contribution in [-0.2, 0) is 13.2 Å². The normalized spacial score (nSPS) is 10.3. The topological polar surface area (TPSA) is 80.3 Å². The van der Waals surface area contributed by atoms with Gasteiger partial charge < -0.3 is 15.4 Å². The predicted octanol–water partition coefficient (Wildman–Crippen LogP) is 3.01. The maximum Gasteiger partial charge on any atom is 0.251 e. The van der Waals surface area contributed by atoms with Crippen molar-refractivity contribution in [3.05, 3.63) is 81.8 Å². The summed E-state index contributed by atoms with van der Waals surface area (Å²) < 4.78 is 5.68. The van der Waals surface area contributed by atoms with Gasteiger partial charge in [-0.25, -0.2) is 4.98 Å². The fourth-order valence-electron chi connectivity index (χ4n) is 2.40. The molecule has 2 amide bonds. The van der Waals surface area contributed by atoms with Crippen LogP contribution in [-0.4, -0.2) is 23.8 Å². The van der Waals surface area contributed by atoms with Crippen molar-refractivity contribution < 1.29 is 14.3 Å². The van der Waals surface area contributed by atoms with Crippen molar-refractivity contribution in [3.63, 3.8) is 0 Å². The fraction of sp³-hybridized carbons (Fsp3) is 0.150. The lowest BCUT2D eigenvalue weighted by Gasteiger charge is -2.09. The van der Waals surface area contributed by atoms with Crippen molar-refractivity contribution in [2.24, 2.45) is 0 Å². The SMILES string of the molecule is CNC(=O)c1ccc(CNC(=O)c2cccc(OCc3cscn3)c2)cc1. The molecule has 0 aliphatic carbocycles. The van der Waals surface area contributed by atoms with Crippen molar-refractivity contribution >= 4 is 23.2 Å². The van der Waals surface area contributed by atoms with Gasteiger partial charge in [-0.15, -0.1) is 11.3 Å². The molecule has 2 aromatic carbocycles. The molecule has 3 aromatic rings. The van der Waals surface area contributed by atoms with Gasteiger partial charge in [0, 0.05) is 30.1 Å². The van der Waals surface area contributed by atoms with E-state index in [-0.39, 0.29) is 11.8 Å². The summed E-state index contributed by atoms with van der Waals surface area (Å²) in [4.78, 5) is 28.1. The van der Waals surface area contributed by atoms with Crippen molar-refractivity contribution in [1.82, 2.24) is 15.6 Å². The smallest absolute Gasteiger partial charge is 0.251 e. The zero-order valence-electron chi connectivity index (χ0n) is 14.8. The summed E-state index contributed by atoms with van der Waals surface area (Å²) >= 11 is 1.51. The molecule has 0 atom stereocenters. The van der Waals surface area contributed by atoms with Gasteiger partial charge in [0.1, 0.15) is 12.4 Å². The lowest BCUT2D eigenvalue weighted by molar-refractivity contribution is 0.0945. The van der Waals surface area contributed by atoms with Crippen molar-refractivity contribution in [2.75, 3.05) is 7.05 Å². The van der Waals surface area contributed by atoms with Crippen LogP contribution in [0.3, 0.4) is 0 Å². The number of aromatic nitrogens is 1. The van der Waals surface area contributed by atoms with E-state index in [0.717, 1.165) is 11.3 Å². The maximum absolute atomic E-state index is 12.4. The number of benzene rings is 2. The Morgan fingerprint density at radius 1 is 1.07 bits per heavy atom. The second-order valence-corrected chi connectivity index (χ2v) is 6.47. The average molecular weight is 381 g/mol. The number of nitrogens with zero attached hydrogens (tertiary/aromatic N) is 1. The number of amides is 2. The van der Waals surface area contributed by atoms with E-state index in [4.69, 9.17) is 4.74 Å². The van der Waals surface area contributed by atoms with Gasteiger partial charge in [-0.1, -0.05) is 18.2 Å². The molecule has 1 heterocycles. The van der Waals surface area contributed by atoms with E-state index in [1.165, 1.54) is 11.3 Å². The molecule has 138 valence electrons. The molecule has 0 fully saturated rings. The minimum Gasteiger partial charge on any atom is -0.487 e. The van der Waals surface area contributed by atoms with Crippen LogP contribution in [0.1, 0.15) is 32.0 Å². The van der Waals surface area contributed by atoms with E-state index in [1.807, 2.05) is 17.5 Å². The highest BCUT2D eigenvalue weighted by Gasteiger charge is 2.08. The molecular formula is C20H19N3O3S. The largest absolute Gasteiger partial charge is 0.487 e. The van der Waals surface area contributed by atoms with E-state index in [1.54, 1.807) is 49.0 Å². The molecule has 0 unspecified atom stereocenters. The Hall–Kier alpha value is -3.19. The van der Waals surface area contributed by atoms with Gasteiger partial charge in [-0.05, 0) is 35.9 Å². The van der Waals surface area contributed by atoms with Crippen LogP contribution in [0.15, 0.2) is 59.4 Å². The Labute approximate surface area is 161 Å². The van der Waals surface area contributed by atoms with Crippen molar-refractivity contribution in [1.29, 1.82) is 0 Å². The molecule has 0 saturated carbocycles. The van der Waals surface area contributed by atoms with Crippen LogP contribution < -0.4 is 15.4 Å². The Balaban J connectivity index is 1.56. The summed E-state index contributed by atoms with van der Waals surface area (Å²) in [6, 6.07) is 14.1. The second kappa shape index (κ2) is 8.95. The molecular weight excluding hydrogens is 362 g/mol. The fourth-order valence-corrected chi connectivity index (χ4v) is 2.94. The third-order valence-electron chi connectivity index (χ3n) is 3.86. The molecule has 0 aliphatic heterocycles. The highest BCUT2D eigenvalue weighted by molar-refractivity contribution is 7.07. The first-order chi connectivity index (χ1) is 13.2. The minimum absolute atomic E-state index is 0.139. The average Bonchev–Trinajstić information content (AvgIpc) is 3.24. The zero-order valence-corrected chi connectivity index (χ0v) is 15.6. The molecule has 3 rings (SSSR count). The molecule has 0 radical (unpaired) electrons. The third kappa shape index (κ3) is 5.15. The van der Waals surface area contributed by atoms with E-state index >= 15 is 0 Å². The van der Waals surface area contributed by atoms with E-state index in [2.05, 4.69) is 15.6 Å². The molecule has 1 aromatic heterocycles. The van der Waals surface area contributed by atoms with Gasteiger partial charge in [0.05, 0.1) is 11.2 Å². The van der Waals surface area contributed by atoms with Crippen LogP contribution in [0.5, 0.6) is 5.75 Å². The predicted molar refractivity (Wildman–Crippen MR) is 104 cm³/mol. The van der Waals surface area contributed by atoms with E-state index < -0.39 is 0 Å². The number of thiazole rings is 1. The lowest BCUT2D eigenvalue weighted by Crippen LogP contribution is -2.23. The van der Waals surface area contributed by atoms with Crippen LogP contribution in [0.25, 0.3) is 0 Å². The molecule has 0 bridgehead atoms. The highest BCUT2D eigenvalue weighted by Crippen LogP contribution is 2.15. The summed E-state index contributed by atoms with van der Waals surface area (Å²) in [5.74, 6) is 0.287. The van der Waals surface area contributed by atoms with Crippen LogP contribution in [0.2, 0.25) is 0 Å². The first kappa shape index (κ1) is 18.6. The van der Waals surface area contributed by atoms with Crippen LogP contribution in [0, 0.1) is 0 Å². The first-order valence-electron chi connectivity index (χ1n) is 8.35. The Bertz CT molecular complexity index is 908. The number of rotatable bonds is 7. The number of carbonyl (C=O) groups is 2. The van der Waals surface area contributed by atoms with Gasteiger partial charge in [0.2, 0.25) is 0 Å². The molecule has 27 heavy (non-hydrogen) atoms. The summed E-state index contributed by atoms with van der Waals surface area (Å²) in [7, 11) is 1.59. The van der Waals surface area contributed by atoms with Crippen molar-refractivity contribution in [2.45, 2.75) is 13.2 Å². The van der Waals surface area contributed by atoms with Crippen LogP contribution >= 0.6 is 11.3 Å².